The summed E-state index contributed by atoms with van der Waals surface area (Å²) in [6, 6.07) is 0. The van der Waals surface area contributed by atoms with E-state index >= 15 is 0 Å². The van der Waals surface area contributed by atoms with Crippen molar-refractivity contribution in [1.82, 2.24) is 0 Å². The third-order valence-corrected chi connectivity index (χ3v) is 1.78. The van der Waals surface area contributed by atoms with Crippen molar-refractivity contribution in [1.29, 1.82) is 0 Å². The fraction of sp³-hybridized carbons (Fsp3) is 0.750. The van der Waals surface area contributed by atoms with Crippen LogP contribution in [-0.2, 0) is 0 Å². The molecule has 1 atom stereocenters. The Morgan fingerprint density at radius 3 is 2.33 bits per heavy atom. The van der Waals surface area contributed by atoms with E-state index in [-0.39, 0.29) is 0 Å². The first kappa shape index (κ1) is 9.09. The van der Waals surface area contributed by atoms with Crippen LogP contribution in [0.5, 0.6) is 0 Å². The minimum atomic E-state index is 0.396. The minimum absolute atomic E-state index is 0.396. The van der Waals surface area contributed by atoms with Gasteiger partial charge in [-0.05, 0) is 18.8 Å². The second-order valence-corrected chi connectivity index (χ2v) is 3.44. The molecule has 0 rings (SSSR count). The Bertz CT molecular complexity index is 76.6. The average molecular weight is 144 g/mol. The maximum Gasteiger partial charge on any atom is 0.0194 e. The molecule has 0 saturated carbocycles. The molecule has 1 unspecified atom stereocenters. The van der Waals surface area contributed by atoms with E-state index in [0.29, 0.717) is 5.25 Å². The predicted molar refractivity (Wildman–Crippen MR) is 47.0 cm³/mol. The van der Waals surface area contributed by atoms with Gasteiger partial charge in [-0.3, -0.25) is 0 Å². The maximum absolute atomic E-state index is 4.29. The second-order valence-electron chi connectivity index (χ2n) is 2.77. The first-order valence-corrected chi connectivity index (χ1v) is 3.99. The molecule has 54 valence electrons. The van der Waals surface area contributed by atoms with E-state index in [1.165, 1.54) is 6.42 Å². The number of thiol groups is 1. The molecule has 0 bridgehead atoms. The van der Waals surface area contributed by atoms with Crippen molar-refractivity contribution in [3.63, 3.8) is 0 Å². The standard InChI is InChI=1S/C8H16S/c1-4-8(9)6-5-7(2)3/h4,7-9H,1,5-6H2,2-3H3. The van der Waals surface area contributed by atoms with Gasteiger partial charge < -0.3 is 0 Å². The summed E-state index contributed by atoms with van der Waals surface area (Å²) in [5, 5.41) is 0.396. The number of hydrogen-bond donors (Lipinski definition) is 1. The first-order valence-electron chi connectivity index (χ1n) is 3.47. The van der Waals surface area contributed by atoms with Crippen LogP contribution in [0.15, 0.2) is 12.7 Å². The van der Waals surface area contributed by atoms with Gasteiger partial charge in [0.05, 0.1) is 0 Å². The molecular weight excluding hydrogens is 128 g/mol. The van der Waals surface area contributed by atoms with E-state index in [1.807, 2.05) is 6.08 Å². The van der Waals surface area contributed by atoms with Crippen molar-refractivity contribution < 1.29 is 0 Å². The molecule has 0 aromatic heterocycles. The van der Waals surface area contributed by atoms with Crippen molar-refractivity contribution in [2.45, 2.75) is 31.9 Å². The molecule has 1 heteroatoms. The molecular formula is C8H16S. The molecule has 0 heterocycles. The SMILES string of the molecule is C=CC(S)CCC(C)C. The summed E-state index contributed by atoms with van der Waals surface area (Å²) in [6.45, 7) is 8.11. The Labute approximate surface area is 63.8 Å². The summed E-state index contributed by atoms with van der Waals surface area (Å²) < 4.78 is 0. The molecule has 0 saturated heterocycles. The van der Waals surface area contributed by atoms with Crippen molar-refractivity contribution in [2.75, 3.05) is 0 Å². The third-order valence-electron chi connectivity index (χ3n) is 1.31. The quantitative estimate of drug-likeness (QED) is 0.455. The monoisotopic (exact) mass is 144 g/mol. The Hall–Kier alpha value is 0.0900. The van der Waals surface area contributed by atoms with Gasteiger partial charge >= 0.3 is 0 Å². The summed E-state index contributed by atoms with van der Waals surface area (Å²) in [4.78, 5) is 0. The lowest BCUT2D eigenvalue weighted by atomic mass is 10.1. The molecule has 9 heavy (non-hydrogen) atoms. The molecule has 0 aliphatic heterocycles. The zero-order chi connectivity index (χ0) is 7.28. The van der Waals surface area contributed by atoms with Crippen LogP contribution in [0.2, 0.25) is 0 Å². The van der Waals surface area contributed by atoms with E-state index in [0.717, 1.165) is 12.3 Å². The van der Waals surface area contributed by atoms with Crippen LogP contribution in [0, 0.1) is 5.92 Å². The Kier molecular flexibility index (Phi) is 4.97. The third kappa shape index (κ3) is 5.97. The summed E-state index contributed by atoms with van der Waals surface area (Å²) in [5.74, 6) is 0.791. The van der Waals surface area contributed by atoms with E-state index < -0.39 is 0 Å². The van der Waals surface area contributed by atoms with E-state index in [4.69, 9.17) is 0 Å². The van der Waals surface area contributed by atoms with E-state index in [1.54, 1.807) is 0 Å². The highest BCUT2D eigenvalue weighted by Gasteiger charge is 1.98. The van der Waals surface area contributed by atoms with Crippen LogP contribution >= 0.6 is 12.6 Å². The van der Waals surface area contributed by atoms with Gasteiger partial charge in [-0.1, -0.05) is 19.9 Å². The van der Waals surface area contributed by atoms with Crippen LogP contribution in [0.3, 0.4) is 0 Å². The summed E-state index contributed by atoms with van der Waals surface area (Å²) in [5.41, 5.74) is 0. The normalized spacial score (nSPS) is 13.8. The molecule has 0 fully saturated rings. The zero-order valence-electron chi connectivity index (χ0n) is 6.30. The molecule has 0 aliphatic carbocycles. The fourth-order valence-electron chi connectivity index (χ4n) is 0.622. The lowest BCUT2D eigenvalue weighted by molar-refractivity contribution is 0.564. The summed E-state index contributed by atoms with van der Waals surface area (Å²) in [6.07, 6.45) is 4.30. The smallest absolute Gasteiger partial charge is 0.0194 e. The first-order chi connectivity index (χ1) is 4.16. The highest BCUT2D eigenvalue weighted by atomic mass is 32.1. The Balaban J connectivity index is 3.16. The van der Waals surface area contributed by atoms with Crippen molar-refractivity contribution >= 4 is 12.6 Å². The molecule has 0 aromatic rings. The lowest BCUT2D eigenvalue weighted by Gasteiger charge is -2.06. The van der Waals surface area contributed by atoms with Crippen molar-refractivity contribution in [2.24, 2.45) is 5.92 Å². The van der Waals surface area contributed by atoms with Gasteiger partial charge in [0, 0.05) is 5.25 Å². The maximum atomic E-state index is 4.29. The largest absolute Gasteiger partial charge is 0.172 e. The van der Waals surface area contributed by atoms with Gasteiger partial charge in [-0.25, -0.2) is 0 Å². The fourth-order valence-corrected chi connectivity index (χ4v) is 0.771. The zero-order valence-corrected chi connectivity index (χ0v) is 7.20. The predicted octanol–water partition coefficient (Wildman–Crippen LogP) is 2.91. The topological polar surface area (TPSA) is 0 Å². The van der Waals surface area contributed by atoms with Gasteiger partial charge in [0.1, 0.15) is 0 Å². The summed E-state index contributed by atoms with van der Waals surface area (Å²) >= 11 is 4.29. The van der Waals surface area contributed by atoms with E-state index in [9.17, 15) is 0 Å². The summed E-state index contributed by atoms with van der Waals surface area (Å²) in [7, 11) is 0. The highest BCUT2D eigenvalue weighted by molar-refractivity contribution is 7.81. The van der Waals surface area contributed by atoms with Crippen LogP contribution in [0.1, 0.15) is 26.7 Å². The molecule has 0 aliphatic rings. The molecule has 0 amide bonds. The minimum Gasteiger partial charge on any atom is -0.172 e. The van der Waals surface area contributed by atoms with E-state index in [2.05, 4.69) is 33.1 Å². The van der Waals surface area contributed by atoms with Crippen LogP contribution in [0.25, 0.3) is 0 Å². The Morgan fingerprint density at radius 2 is 2.00 bits per heavy atom. The van der Waals surface area contributed by atoms with Crippen LogP contribution in [-0.4, -0.2) is 5.25 Å². The number of hydrogen-bond acceptors (Lipinski definition) is 1. The molecule has 0 radical (unpaired) electrons. The van der Waals surface area contributed by atoms with Crippen molar-refractivity contribution in [3.05, 3.63) is 12.7 Å². The number of rotatable bonds is 4. The van der Waals surface area contributed by atoms with Gasteiger partial charge in [-0.15, -0.1) is 6.58 Å². The van der Waals surface area contributed by atoms with Gasteiger partial charge in [0.15, 0.2) is 0 Å². The molecule has 0 spiro atoms. The van der Waals surface area contributed by atoms with Crippen LogP contribution in [0.4, 0.5) is 0 Å². The van der Waals surface area contributed by atoms with Crippen LogP contribution < -0.4 is 0 Å². The van der Waals surface area contributed by atoms with Crippen molar-refractivity contribution in [3.8, 4) is 0 Å². The average Bonchev–Trinajstić information content (AvgIpc) is 1.83. The second kappa shape index (κ2) is 4.92. The highest BCUT2D eigenvalue weighted by Crippen LogP contribution is 2.10. The van der Waals surface area contributed by atoms with Gasteiger partial charge in [0.25, 0.3) is 0 Å². The van der Waals surface area contributed by atoms with Gasteiger partial charge in [0.2, 0.25) is 0 Å². The molecule has 0 aromatic carbocycles. The molecule has 0 N–H and O–H groups in total. The van der Waals surface area contributed by atoms with Gasteiger partial charge in [-0.2, -0.15) is 12.6 Å². The lowest BCUT2D eigenvalue weighted by Crippen LogP contribution is -1.96. The molecule has 0 nitrogen and oxygen atoms in total. The Morgan fingerprint density at radius 1 is 1.44 bits per heavy atom.